The van der Waals surface area contributed by atoms with Crippen LogP contribution in [0.4, 0.5) is 11.8 Å². The number of nitriles is 1. The van der Waals surface area contributed by atoms with Gasteiger partial charge < -0.3 is 30.4 Å². The Kier molecular flexibility index (Phi) is 8.64. The molecule has 2 aromatic carbocycles. The van der Waals surface area contributed by atoms with Gasteiger partial charge >= 0.3 is 0 Å². The fourth-order valence-corrected chi connectivity index (χ4v) is 4.70. The van der Waals surface area contributed by atoms with Gasteiger partial charge in [-0.15, -0.1) is 0 Å². The summed E-state index contributed by atoms with van der Waals surface area (Å²) in [6, 6.07) is 14.1. The third-order valence-corrected chi connectivity index (χ3v) is 6.44. The van der Waals surface area contributed by atoms with Crippen molar-refractivity contribution in [2.24, 2.45) is 5.92 Å². The number of nitrogen functional groups attached to an aromatic ring is 2. The zero-order chi connectivity index (χ0) is 26.2. The minimum Gasteiger partial charge on any atom is -0.493 e. The number of nitrogens with zero attached hydrogens (tertiary/aromatic N) is 3. The van der Waals surface area contributed by atoms with E-state index in [-0.39, 0.29) is 24.8 Å². The summed E-state index contributed by atoms with van der Waals surface area (Å²) < 4.78 is 23.4. The van der Waals surface area contributed by atoms with E-state index in [1.54, 1.807) is 13.3 Å². The van der Waals surface area contributed by atoms with Gasteiger partial charge in [-0.05, 0) is 61.6 Å². The van der Waals surface area contributed by atoms with Crippen molar-refractivity contribution in [2.45, 2.75) is 45.1 Å². The number of anilines is 2. The standard InChI is InChI=1S/C28H33N5O4/c1-3-35-24-14-18(13-21-16-32-28(31)33-27(21)30)15-25(37-23-6-4-5-19(23)11-12-29)26(24)20-7-9-22(10-8-20)36-17-34-2/h7-10,14-16,19,23H,3-6,11,13,17H2,1-2H3,(H4,30,31,32,33). The van der Waals surface area contributed by atoms with Gasteiger partial charge in [0, 0.05) is 37.6 Å². The van der Waals surface area contributed by atoms with Gasteiger partial charge in [0.25, 0.3) is 0 Å². The number of hydrogen-bond acceptors (Lipinski definition) is 9. The molecule has 194 valence electrons. The Morgan fingerprint density at radius 3 is 2.57 bits per heavy atom. The molecule has 1 saturated carbocycles. The molecule has 2 unspecified atom stereocenters. The maximum atomic E-state index is 9.32. The quantitative estimate of drug-likeness (QED) is 0.355. The monoisotopic (exact) mass is 503 g/mol. The molecule has 4 rings (SSSR count). The summed E-state index contributed by atoms with van der Waals surface area (Å²) in [7, 11) is 1.58. The van der Waals surface area contributed by atoms with Crippen LogP contribution in [0.5, 0.6) is 17.2 Å². The van der Waals surface area contributed by atoms with Crippen molar-refractivity contribution >= 4 is 11.8 Å². The van der Waals surface area contributed by atoms with Gasteiger partial charge in [-0.3, -0.25) is 0 Å². The molecule has 37 heavy (non-hydrogen) atoms. The summed E-state index contributed by atoms with van der Waals surface area (Å²) >= 11 is 0. The van der Waals surface area contributed by atoms with Crippen molar-refractivity contribution in [3.05, 3.63) is 53.7 Å². The maximum Gasteiger partial charge on any atom is 0.221 e. The van der Waals surface area contributed by atoms with E-state index in [0.717, 1.165) is 41.5 Å². The molecule has 9 nitrogen and oxygen atoms in total. The predicted molar refractivity (Wildman–Crippen MR) is 141 cm³/mol. The van der Waals surface area contributed by atoms with Crippen molar-refractivity contribution in [1.82, 2.24) is 9.97 Å². The second-order valence-electron chi connectivity index (χ2n) is 9.00. The Bertz CT molecular complexity index is 1240. The Hall–Kier alpha value is -4.03. The van der Waals surface area contributed by atoms with Crippen LogP contribution in [0.15, 0.2) is 42.6 Å². The highest BCUT2D eigenvalue weighted by molar-refractivity contribution is 5.78. The van der Waals surface area contributed by atoms with E-state index < -0.39 is 0 Å². The zero-order valence-electron chi connectivity index (χ0n) is 21.3. The molecule has 0 radical (unpaired) electrons. The zero-order valence-corrected chi connectivity index (χ0v) is 21.3. The van der Waals surface area contributed by atoms with Gasteiger partial charge in [-0.25, -0.2) is 4.98 Å². The molecule has 0 amide bonds. The van der Waals surface area contributed by atoms with Gasteiger partial charge in [0.1, 0.15) is 29.2 Å². The molecule has 1 aliphatic rings. The van der Waals surface area contributed by atoms with Gasteiger partial charge in [-0.1, -0.05) is 12.1 Å². The fraction of sp³-hybridized carbons (Fsp3) is 0.393. The largest absolute Gasteiger partial charge is 0.493 e. The third kappa shape index (κ3) is 6.40. The smallest absolute Gasteiger partial charge is 0.221 e. The van der Waals surface area contributed by atoms with Crippen LogP contribution in [-0.4, -0.2) is 36.6 Å². The first-order valence-electron chi connectivity index (χ1n) is 12.4. The molecule has 1 aromatic heterocycles. The van der Waals surface area contributed by atoms with Crippen molar-refractivity contribution in [2.75, 3.05) is 32.0 Å². The van der Waals surface area contributed by atoms with Gasteiger partial charge in [0.15, 0.2) is 6.79 Å². The third-order valence-electron chi connectivity index (χ3n) is 6.44. The number of aromatic nitrogens is 2. The van der Waals surface area contributed by atoms with Crippen molar-refractivity contribution in [3.63, 3.8) is 0 Å². The van der Waals surface area contributed by atoms with Crippen LogP contribution in [-0.2, 0) is 11.2 Å². The topological polar surface area (TPSA) is 139 Å². The van der Waals surface area contributed by atoms with E-state index in [1.807, 2.05) is 43.3 Å². The molecule has 0 saturated heterocycles. The van der Waals surface area contributed by atoms with Crippen molar-refractivity contribution < 1.29 is 18.9 Å². The van der Waals surface area contributed by atoms with Crippen LogP contribution in [0.25, 0.3) is 11.1 Å². The number of methoxy groups -OCH3 is 1. The Labute approximate surface area is 217 Å². The van der Waals surface area contributed by atoms with Crippen LogP contribution in [0.1, 0.15) is 43.7 Å². The van der Waals surface area contributed by atoms with Crippen LogP contribution in [0.2, 0.25) is 0 Å². The second kappa shape index (κ2) is 12.3. The Morgan fingerprint density at radius 1 is 1.08 bits per heavy atom. The van der Waals surface area contributed by atoms with E-state index in [0.29, 0.717) is 42.5 Å². The van der Waals surface area contributed by atoms with E-state index in [9.17, 15) is 5.26 Å². The first kappa shape index (κ1) is 26.0. The first-order chi connectivity index (χ1) is 18.0. The summed E-state index contributed by atoms with van der Waals surface area (Å²) in [5, 5.41) is 9.32. The van der Waals surface area contributed by atoms with E-state index >= 15 is 0 Å². The van der Waals surface area contributed by atoms with Crippen LogP contribution in [0.3, 0.4) is 0 Å². The van der Waals surface area contributed by atoms with Crippen molar-refractivity contribution in [1.29, 1.82) is 5.26 Å². The van der Waals surface area contributed by atoms with Gasteiger partial charge in [-0.2, -0.15) is 10.2 Å². The minimum absolute atomic E-state index is 0.0441. The average molecular weight is 504 g/mol. The fourth-order valence-electron chi connectivity index (χ4n) is 4.70. The molecule has 9 heteroatoms. The number of nitrogens with two attached hydrogens (primary N) is 2. The lowest BCUT2D eigenvalue weighted by atomic mass is 9.97. The predicted octanol–water partition coefficient (Wildman–Crippen LogP) is 4.74. The lowest BCUT2D eigenvalue weighted by Gasteiger charge is -2.24. The molecular weight excluding hydrogens is 470 g/mol. The Balaban J connectivity index is 1.77. The summed E-state index contributed by atoms with van der Waals surface area (Å²) in [4.78, 5) is 8.19. The summed E-state index contributed by atoms with van der Waals surface area (Å²) in [5.41, 5.74) is 15.3. The molecule has 4 N–H and O–H groups in total. The first-order valence-corrected chi connectivity index (χ1v) is 12.4. The summed E-state index contributed by atoms with van der Waals surface area (Å²) in [5.74, 6) is 2.78. The van der Waals surface area contributed by atoms with E-state index in [1.165, 1.54) is 0 Å². The minimum atomic E-state index is -0.0441. The molecule has 0 bridgehead atoms. The van der Waals surface area contributed by atoms with E-state index in [2.05, 4.69) is 16.0 Å². The molecule has 0 aliphatic heterocycles. The van der Waals surface area contributed by atoms with Crippen LogP contribution < -0.4 is 25.7 Å². The second-order valence-corrected chi connectivity index (χ2v) is 9.00. The average Bonchev–Trinajstić information content (AvgIpc) is 3.32. The van der Waals surface area contributed by atoms with Crippen LogP contribution >= 0.6 is 0 Å². The molecule has 1 aliphatic carbocycles. The number of ether oxygens (including phenoxy) is 4. The molecule has 1 heterocycles. The highest BCUT2D eigenvalue weighted by atomic mass is 16.7. The number of hydrogen-bond donors (Lipinski definition) is 2. The summed E-state index contributed by atoms with van der Waals surface area (Å²) in [6.45, 7) is 2.61. The normalized spacial score (nSPS) is 16.8. The lowest BCUT2D eigenvalue weighted by molar-refractivity contribution is 0.0511. The van der Waals surface area contributed by atoms with Gasteiger partial charge in [0.2, 0.25) is 5.95 Å². The SMILES string of the molecule is CCOc1cc(Cc2cnc(N)nc2N)cc(OC2CCCC2CC#N)c1-c1ccc(OCOC)cc1. The van der Waals surface area contributed by atoms with E-state index in [4.69, 9.17) is 30.4 Å². The number of benzene rings is 2. The lowest BCUT2D eigenvalue weighted by Crippen LogP contribution is -2.21. The molecule has 0 spiro atoms. The molecule has 1 fully saturated rings. The molecular formula is C28H33N5O4. The highest BCUT2D eigenvalue weighted by Gasteiger charge is 2.30. The molecule has 3 aromatic rings. The molecule has 2 atom stereocenters. The van der Waals surface area contributed by atoms with Gasteiger partial charge in [0.05, 0.1) is 18.2 Å². The number of rotatable bonds is 11. The van der Waals surface area contributed by atoms with Crippen molar-refractivity contribution in [3.8, 4) is 34.4 Å². The maximum absolute atomic E-state index is 9.32. The van der Waals surface area contributed by atoms with Crippen LogP contribution in [0, 0.1) is 17.2 Å². The summed E-state index contributed by atoms with van der Waals surface area (Å²) in [6.07, 6.45) is 5.48. The highest BCUT2D eigenvalue weighted by Crippen LogP contribution is 2.43. The Morgan fingerprint density at radius 2 is 1.86 bits per heavy atom.